The molecule has 2 aromatic heterocycles. The second-order valence-electron chi connectivity index (χ2n) is 5.99. The highest BCUT2D eigenvalue weighted by atomic mass is 16.5. The third-order valence-corrected chi connectivity index (χ3v) is 4.10. The van der Waals surface area contributed by atoms with E-state index in [9.17, 15) is 4.79 Å². The van der Waals surface area contributed by atoms with E-state index in [1.165, 1.54) is 0 Å². The predicted octanol–water partition coefficient (Wildman–Crippen LogP) is 1.50. The average molecular weight is 332 g/mol. The molecule has 130 valence electrons. The fraction of sp³-hybridized carbons (Fsp3) is 0.625. The smallest absolute Gasteiger partial charge is 0.272 e. The molecule has 1 amide bonds. The first kappa shape index (κ1) is 16.6. The van der Waals surface area contributed by atoms with E-state index in [0.29, 0.717) is 37.8 Å². The second-order valence-corrected chi connectivity index (χ2v) is 5.99. The van der Waals surface area contributed by atoms with Crippen molar-refractivity contribution in [3.63, 3.8) is 0 Å². The van der Waals surface area contributed by atoms with Crippen molar-refractivity contribution >= 4 is 5.91 Å². The summed E-state index contributed by atoms with van der Waals surface area (Å²) in [6, 6.07) is 1.84. The van der Waals surface area contributed by atoms with Gasteiger partial charge in [-0.2, -0.15) is 10.2 Å². The molecule has 3 heterocycles. The lowest BCUT2D eigenvalue weighted by Crippen LogP contribution is -2.43. The number of carbonyl (C=O) groups is 1. The Morgan fingerprint density at radius 2 is 2.29 bits per heavy atom. The molecular formula is C16H24N6O2. The van der Waals surface area contributed by atoms with Crippen molar-refractivity contribution in [1.29, 1.82) is 0 Å². The minimum absolute atomic E-state index is 0.0185. The standard InChI is InChI=1S/C16H24N6O2/c1-4-6-14-17-15(19-18-14)13-10-21(7-8-24-13)16(23)12-9-11(3)20-22(12)5-2/h9,13H,4-8,10H2,1-3H3,(H,17,18,19). The molecule has 8 heteroatoms. The van der Waals surface area contributed by atoms with Crippen molar-refractivity contribution in [3.05, 3.63) is 29.1 Å². The van der Waals surface area contributed by atoms with Crippen LogP contribution in [0.4, 0.5) is 0 Å². The number of ether oxygens (including phenoxy) is 1. The van der Waals surface area contributed by atoms with Crippen molar-refractivity contribution in [2.24, 2.45) is 0 Å². The van der Waals surface area contributed by atoms with Crippen molar-refractivity contribution < 1.29 is 9.53 Å². The average Bonchev–Trinajstić information content (AvgIpc) is 3.21. The zero-order valence-corrected chi connectivity index (χ0v) is 14.4. The van der Waals surface area contributed by atoms with Gasteiger partial charge in [0.25, 0.3) is 5.91 Å². The number of H-pyrrole nitrogens is 1. The second kappa shape index (κ2) is 7.12. The summed E-state index contributed by atoms with van der Waals surface area (Å²) in [7, 11) is 0. The van der Waals surface area contributed by atoms with Gasteiger partial charge in [0.05, 0.1) is 18.8 Å². The van der Waals surface area contributed by atoms with Gasteiger partial charge in [0, 0.05) is 19.5 Å². The van der Waals surface area contributed by atoms with Crippen LogP contribution < -0.4 is 0 Å². The number of rotatable bonds is 5. The van der Waals surface area contributed by atoms with E-state index >= 15 is 0 Å². The number of nitrogens with one attached hydrogen (secondary N) is 1. The summed E-state index contributed by atoms with van der Waals surface area (Å²) in [5, 5.41) is 11.5. The fourth-order valence-corrected chi connectivity index (χ4v) is 2.91. The van der Waals surface area contributed by atoms with Gasteiger partial charge in [-0.1, -0.05) is 6.92 Å². The van der Waals surface area contributed by atoms with Crippen LogP contribution in [0.1, 0.15) is 54.2 Å². The summed E-state index contributed by atoms with van der Waals surface area (Å²) >= 11 is 0. The number of nitrogens with zero attached hydrogens (tertiary/aromatic N) is 5. The van der Waals surface area contributed by atoms with Gasteiger partial charge in [-0.15, -0.1) is 0 Å². The molecule has 1 aliphatic heterocycles. The summed E-state index contributed by atoms with van der Waals surface area (Å²) in [6.45, 7) is 8.14. The Hall–Kier alpha value is -2.22. The van der Waals surface area contributed by atoms with Gasteiger partial charge >= 0.3 is 0 Å². The zero-order valence-electron chi connectivity index (χ0n) is 14.4. The summed E-state index contributed by atoms with van der Waals surface area (Å²) in [5.74, 6) is 1.46. The van der Waals surface area contributed by atoms with Gasteiger partial charge in [-0.05, 0) is 26.3 Å². The fourth-order valence-electron chi connectivity index (χ4n) is 2.91. The quantitative estimate of drug-likeness (QED) is 0.896. The van der Waals surface area contributed by atoms with E-state index in [-0.39, 0.29) is 12.0 Å². The van der Waals surface area contributed by atoms with E-state index in [4.69, 9.17) is 4.74 Å². The van der Waals surface area contributed by atoms with Crippen molar-refractivity contribution in [3.8, 4) is 0 Å². The van der Waals surface area contributed by atoms with Crippen LogP contribution in [0.2, 0.25) is 0 Å². The highest BCUT2D eigenvalue weighted by Gasteiger charge is 2.30. The lowest BCUT2D eigenvalue weighted by molar-refractivity contribution is -0.0270. The molecule has 24 heavy (non-hydrogen) atoms. The number of carbonyl (C=O) groups excluding carboxylic acids is 1. The monoisotopic (exact) mass is 332 g/mol. The van der Waals surface area contributed by atoms with E-state index in [1.54, 1.807) is 9.58 Å². The van der Waals surface area contributed by atoms with Crippen LogP contribution in [0.3, 0.4) is 0 Å². The first-order valence-corrected chi connectivity index (χ1v) is 8.48. The van der Waals surface area contributed by atoms with Crippen LogP contribution in [0, 0.1) is 6.92 Å². The molecule has 0 spiro atoms. The first-order valence-electron chi connectivity index (χ1n) is 8.48. The van der Waals surface area contributed by atoms with Gasteiger partial charge in [0.1, 0.15) is 17.6 Å². The highest BCUT2D eigenvalue weighted by molar-refractivity contribution is 5.92. The van der Waals surface area contributed by atoms with Crippen molar-refractivity contribution in [2.75, 3.05) is 19.7 Å². The Bertz CT molecular complexity index is 707. The van der Waals surface area contributed by atoms with Crippen LogP contribution in [0.25, 0.3) is 0 Å². The Balaban J connectivity index is 1.73. The van der Waals surface area contributed by atoms with Crippen molar-refractivity contribution in [2.45, 2.75) is 46.3 Å². The Morgan fingerprint density at radius 1 is 1.46 bits per heavy atom. The summed E-state index contributed by atoms with van der Waals surface area (Å²) in [6.07, 6.45) is 1.58. The third kappa shape index (κ3) is 3.33. The molecule has 1 aliphatic rings. The number of amides is 1. The molecule has 0 aliphatic carbocycles. The Kier molecular flexibility index (Phi) is 4.94. The van der Waals surface area contributed by atoms with E-state index in [1.807, 2.05) is 19.9 Å². The number of morpholine rings is 1. The molecule has 1 fully saturated rings. The molecule has 0 aromatic carbocycles. The molecular weight excluding hydrogens is 308 g/mol. The molecule has 0 saturated carbocycles. The van der Waals surface area contributed by atoms with Crippen LogP contribution >= 0.6 is 0 Å². The zero-order chi connectivity index (χ0) is 17.1. The molecule has 1 unspecified atom stereocenters. The van der Waals surface area contributed by atoms with E-state index < -0.39 is 0 Å². The van der Waals surface area contributed by atoms with Crippen LogP contribution in [-0.2, 0) is 17.7 Å². The normalized spacial score (nSPS) is 18.1. The topological polar surface area (TPSA) is 88.9 Å². The van der Waals surface area contributed by atoms with Gasteiger partial charge in [-0.3, -0.25) is 14.6 Å². The lowest BCUT2D eigenvalue weighted by atomic mass is 10.2. The van der Waals surface area contributed by atoms with E-state index in [0.717, 1.165) is 24.4 Å². The number of hydrogen-bond donors (Lipinski definition) is 1. The number of aromatic amines is 1. The maximum Gasteiger partial charge on any atom is 0.272 e. The first-order chi connectivity index (χ1) is 11.6. The van der Waals surface area contributed by atoms with E-state index in [2.05, 4.69) is 27.2 Å². The molecule has 0 bridgehead atoms. The molecule has 1 saturated heterocycles. The number of hydrogen-bond acceptors (Lipinski definition) is 5. The Labute approximate surface area is 141 Å². The van der Waals surface area contributed by atoms with Gasteiger partial charge < -0.3 is 9.64 Å². The summed E-state index contributed by atoms with van der Waals surface area (Å²) in [5.41, 5.74) is 1.47. The van der Waals surface area contributed by atoms with Gasteiger partial charge in [0.2, 0.25) is 0 Å². The number of aromatic nitrogens is 5. The molecule has 1 N–H and O–H groups in total. The largest absolute Gasteiger partial charge is 0.366 e. The predicted molar refractivity (Wildman–Crippen MR) is 87.6 cm³/mol. The van der Waals surface area contributed by atoms with Crippen molar-refractivity contribution in [1.82, 2.24) is 29.9 Å². The number of aryl methyl sites for hydroxylation is 3. The van der Waals surface area contributed by atoms with Crippen LogP contribution in [0.5, 0.6) is 0 Å². The SMILES string of the molecule is CCCc1nc(C2CN(C(=O)c3cc(C)nn3CC)CCO2)n[nH]1. The summed E-state index contributed by atoms with van der Waals surface area (Å²) in [4.78, 5) is 19.1. The van der Waals surface area contributed by atoms with Crippen LogP contribution in [-0.4, -0.2) is 55.5 Å². The molecule has 8 nitrogen and oxygen atoms in total. The minimum atomic E-state index is -0.288. The maximum absolute atomic E-state index is 12.8. The maximum atomic E-state index is 12.8. The minimum Gasteiger partial charge on any atom is -0.366 e. The molecule has 3 rings (SSSR count). The highest BCUT2D eigenvalue weighted by Crippen LogP contribution is 2.21. The lowest BCUT2D eigenvalue weighted by Gasteiger charge is -2.31. The molecule has 1 atom stereocenters. The Morgan fingerprint density at radius 3 is 3.04 bits per heavy atom. The molecule has 0 radical (unpaired) electrons. The summed E-state index contributed by atoms with van der Waals surface area (Å²) < 4.78 is 7.52. The van der Waals surface area contributed by atoms with Gasteiger partial charge in [-0.25, -0.2) is 4.98 Å². The van der Waals surface area contributed by atoms with Gasteiger partial charge in [0.15, 0.2) is 5.82 Å². The third-order valence-electron chi connectivity index (χ3n) is 4.10. The van der Waals surface area contributed by atoms with Crippen LogP contribution in [0.15, 0.2) is 6.07 Å². The molecule has 2 aromatic rings.